The molecule has 3 aromatic heterocycles. The van der Waals surface area contributed by atoms with Crippen LogP contribution < -0.4 is 5.32 Å². The first-order valence-electron chi connectivity index (χ1n) is 9.86. The molecule has 1 aliphatic carbocycles. The highest BCUT2D eigenvalue weighted by atomic mass is 19.4. The zero-order chi connectivity index (χ0) is 21.6. The fourth-order valence-electron chi connectivity index (χ4n) is 4.49. The van der Waals surface area contributed by atoms with E-state index in [1.54, 1.807) is 23.2 Å². The highest BCUT2D eigenvalue weighted by Gasteiger charge is 2.47. The number of carbonyl (C=O) groups excluding carboxylic acids is 1. The number of hydrogen-bond acceptors (Lipinski definition) is 6. The van der Waals surface area contributed by atoms with Crippen molar-refractivity contribution in [1.82, 2.24) is 19.9 Å². The third kappa shape index (κ3) is 3.62. The number of pyridine rings is 2. The maximum atomic E-state index is 13.3. The van der Waals surface area contributed by atoms with Crippen molar-refractivity contribution in [2.75, 3.05) is 11.9 Å². The van der Waals surface area contributed by atoms with E-state index >= 15 is 0 Å². The van der Waals surface area contributed by atoms with E-state index in [0.29, 0.717) is 29.7 Å². The lowest BCUT2D eigenvalue weighted by Crippen LogP contribution is -2.48. The van der Waals surface area contributed by atoms with Crippen molar-refractivity contribution < 1.29 is 22.4 Å². The minimum atomic E-state index is -4.43. The van der Waals surface area contributed by atoms with Gasteiger partial charge in [0.1, 0.15) is 17.8 Å². The van der Waals surface area contributed by atoms with Crippen LogP contribution in [0.2, 0.25) is 0 Å². The topological polar surface area (TPSA) is 84.2 Å². The Bertz CT molecular complexity index is 1090. The number of likely N-dealkylation sites (tertiary alicyclic amines) is 1. The van der Waals surface area contributed by atoms with Crippen LogP contribution in [-0.4, -0.2) is 44.4 Å². The molecule has 1 saturated heterocycles. The molecule has 4 heterocycles. The molecule has 1 N–H and O–H groups in total. The summed E-state index contributed by atoms with van der Waals surface area (Å²) < 4.78 is 43.6. The van der Waals surface area contributed by atoms with Gasteiger partial charge in [-0.25, -0.2) is 9.97 Å². The molecule has 0 unspecified atom stereocenters. The monoisotopic (exact) mass is 429 g/mol. The van der Waals surface area contributed by atoms with Gasteiger partial charge in [-0.3, -0.25) is 9.78 Å². The van der Waals surface area contributed by atoms with E-state index in [1.807, 2.05) is 0 Å². The number of hydrogen-bond donors (Lipinski definition) is 1. The van der Waals surface area contributed by atoms with Crippen LogP contribution in [0.4, 0.5) is 19.0 Å². The van der Waals surface area contributed by atoms with Gasteiger partial charge >= 0.3 is 6.18 Å². The Kier molecular flexibility index (Phi) is 4.64. The second kappa shape index (κ2) is 7.36. The number of nitrogens with zero attached hydrogens (tertiary/aromatic N) is 4. The number of halogens is 3. The lowest BCUT2D eigenvalue weighted by molar-refractivity contribution is -0.137. The molecule has 3 atom stereocenters. The number of piperidine rings is 1. The minimum absolute atomic E-state index is 0.0963. The molecule has 1 amide bonds. The quantitative estimate of drug-likeness (QED) is 0.678. The van der Waals surface area contributed by atoms with Gasteiger partial charge in [0.15, 0.2) is 0 Å². The van der Waals surface area contributed by atoms with Crippen LogP contribution in [0.15, 0.2) is 53.5 Å². The molecule has 1 aliphatic heterocycles. The molecular formula is C21H18F3N5O2. The van der Waals surface area contributed by atoms with Crippen molar-refractivity contribution in [3.05, 3.63) is 60.4 Å². The van der Waals surface area contributed by atoms with Crippen molar-refractivity contribution in [2.24, 2.45) is 5.92 Å². The third-order valence-electron chi connectivity index (χ3n) is 5.84. The molecule has 7 nitrogen and oxygen atoms in total. The molecule has 2 bridgehead atoms. The van der Waals surface area contributed by atoms with Gasteiger partial charge in [-0.1, -0.05) is 0 Å². The number of nitrogens with one attached hydrogen (secondary N) is 1. The van der Waals surface area contributed by atoms with Gasteiger partial charge in [-0.05, 0) is 43.0 Å². The molecule has 1 saturated carbocycles. The standard InChI is InChI=1S/C21H18F3N5O2/c22-21(23,24)13-3-4-17(27-10-13)28-15-8-12-9-16(15)29(11-12)20(30)18-14(2-1-5-25-18)19-26-6-7-31-19/h1-7,10,12,15-16H,8-9,11H2,(H,27,28)/t12-,15-,16+/m1/s1. The number of oxazole rings is 1. The third-order valence-corrected chi connectivity index (χ3v) is 5.84. The molecule has 10 heteroatoms. The maximum absolute atomic E-state index is 13.3. The van der Waals surface area contributed by atoms with Gasteiger partial charge in [0.25, 0.3) is 5.91 Å². The molecule has 31 heavy (non-hydrogen) atoms. The average molecular weight is 429 g/mol. The zero-order valence-electron chi connectivity index (χ0n) is 16.2. The number of alkyl halides is 3. The first kappa shape index (κ1) is 19.5. The lowest BCUT2D eigenvalue weighted by Gasteiger charge is -2.34. The molecule has 0 spiro atoms. The van der Waals surface area contributed by atoms with Gasteiger partial charge in [-0.2, -0.15) is 13.2 Å². The van der Waals surface area contributed by atoms with E-state index in [9.17, 15) is 18.0 Å². The van der Waals surface area contributed by atoms with Gasteiger partial charge in [0.2, 0.25) is 5.89 Å². The summed E-state index contributed by atoms with van der Waals surface area (Å²) in [5.74, 6) is 0.781. The van der Waals surface area contributed by atoms with E-state index in [2.05, 4.69) is 20.3 Å². The van der Waals surface area contributed by atoms with Crippen LogP contribution in [0.5, 0.6) is 0 Å². The summed E-state index contributed by atoms with van der Waals surface area (Å²) in [5.41, 5.74) is -0.00453. The van der Waals surface area contributed by atoms with E-state index in [4.69, 9.17) is 4.42 Å². The predicted molar refractivity (Wildman–Crippen MR) is 104 cm³/mol. The fraction of sp³-hybridized carbons (Fsp3) is 0.333. The number of rotatable bonds is 4. The Hall–Kier alpha value is -3.43. The molecule has 2 fully saturated rings. The van der Waals surface area contributed by atoms with E-state index in [-0.39, 0.29) is 23.7 Å². The maximum Gasteiger partial charge on any atom is 0.417 e. The Morgan fingerprint density at radius 3 is 2.68 bits per heavy atom. The second-order valence-electron chi connectivity index (χ2n) is 7.78. The number of carbonyl (C=O) groups is 1. The van der Waals surface area contributed by atoms with E-state index in [0.717, 1.165) is 25.1 Å². The summed E-state index contributed by atoms with van der Waals surface area (Å²) in [6, 6.07) is 5.58. The van der Waals surface area contributed by atoms with Gasteiger partial charge in [-0.15, -0.1) is 0 Å². The number of anilines is 1. The normalized spacial score (nSPS) is 22.7. The Morgan fingerprint density at radius 2 is 2.00 bits per heavy atom. The van der Waals surface area contributed by atoms with Crippen molar-refractivity contribution in [3.8, 4) is 11.5 Å². The predicted octanol–water partition coefficient (Wildman–Crippen LogP) is 3.87. The van der Waals surface area contributed by atoms with Crippen LogP contribution in [-0.2, 0) is 6.18 Å². The van der Waals surface area contributed by atoms with Crippen molar-refractivity contribution >= 4 is 11.7 Å². The van der Waals surface area contributed by atoms with Crippen LogP contribution in [0.25, 0.3) is 11.5 Å². The minimum Gasteiger partial charge on any atom is -0.444 e. The van der Waals surface area contributed by atoms with E-state index < -0.39 is 11.7 Å². The molecule has 160 valence electrons. The Balaban J connectivity index is 1.35. The van der Waals surface area contributed by atoms with Gasteiger partial charge in [0.05, 0.1) is 23.4 Å². The summed E-state index contributed by atoms with van der Waals surface area (Å²) in [5, 5.41) is 3.21. The largest absolute Gasteiger partial charge is 0.444 e. The molecule has 3 aromatic rings. The van der Waals surface area contributed by atoms with Crippen LogP contribution in [0.1, 0.15) is 28.9 Å². The summed E-state index contributed by atoms with van der Waals surface area (Å²) in [4.78, 5) is 27.4. The molecule has 0 radical (unpaired) electrons. The van der Waals surface area contributed by atoms with Crippen molar-refractivity contribution in [3.63, 3.8) is 0 Å². The van der Waals surface area contributed by atoms with Crippen LogP contribution in [0.3, 0.4) is 0 Å². The van der Waals surface area contributed by atoms with Crippen LogP contribution >= 0.6 is 0 Å². The smallest absolute Gasteiger partial charge is 0.417 e. The second-order valence-corrected chi connectivity index (χ2v) is 7.78. The number of aromatic nitrogens is 3. The summed E-state index contributed by atoms with van der Waals surface area (Å²) in [7, 11) is 0. The highest BCUT2D eigenvalue weighted by Crippen LogP contribution is 2.40. The van der Waals surface area contributed by atoms with Crippen LogP contribution in [0, 0.1) is 5.92 Å². The summed E-state index contributed by atoms with van der Waals surface area (Å²) in [6.45, 7) is 0.615. The Labute approximate surface area is 175 Å². The molecular weight excluding hydrogens is 411 g/mol. The van der Waals surface area contributed by atoms with Gasteiger partial charge in [0, 0.05) is 25.0 Å². The summed E-state index contributed by atoms with van der Waals surface area (Å²) >= 11 is 0. The van der Waals surface area contributed by atoms with Crippen molar-refractivity contribution in [2.45, 2.75) is 31.1 Å². The zero-order valence-corrected chi connectivity index (χ0v) is 16.2. The highest BCUT2D eigenvalue weighted by molar-refractivity contribution is 5.98. The molecule has 0 aromatic carbocycles. The number of fused-ring (bicyclic) bond motifs is 2. The average Bonchev–Trinajstić information content (AvgIpc) is 3.50. The first-order valence-corrected chi connectivity index (χ1v) is 9.86. The van der Waals surface area contributed by atoms with Gasteiger partial charge < -0.3 is 14.6 Å². The lowest BCUT2D eigenvalue weighted by atomic mass is 10.0. The van der Waals surface area contributed by atoms with Crippen molar-refractivity contribution in [1.29, 1.82) is 0 Å². The molecule has 5 rings (SSSR count). The SMILES string of the molecule is O=C(c1ncccc1-c1ncco1)N1C[C@@H]2C[C@@H](Nc3ccc(C(F)(F)F)cn3)[C@@H]1C2. The Morgan fingerprint density at radius 1 is 1.13 bits per heavy atom. The van der Waals surface area contributed by atoms with E-state index in [1.165, 1.54) is 18.5 Å². The molecule has 2 aliphatic rings. The number of amides is 1. The summed E-state index contributed by atoms with van der Waals surface area (Å²) in [6.07, 6.45) is 2.53. The fourth-order valence-corrected chi connectivity index (χ4v) is 4.49. The first-order chi connectivity index (χ1) is 14.9.